The predicted molar refractivity (Wildman–Crippen MR) is 72.3 cm³/mol. The molecule has 0 unspecified atom stereocenters. The molecule has 1 rings (SSSR count). The summed E-state index contributed by atoms with van der Waals surface area (Å²) in [5.41, 5.74) is 3.63. The number of aryl methyl sites for hydroxylation is 2. The summed E-state index contributed by atoms with van der Waals surface area (Å²) in [7, 11) is 0. The van der Waals surface area contributed by atoms with Crippen LogP contribution in [0, 0.1) is 13.8 Å². The Morgan fingerprint density at radius 3 is 1.78 bits per heavy atom. The zero-order chi connectivity index (χ0) is 13.9. The number of pyridine rings is 1. The quantitative estimate of drug-likeness (QED) is 0.749. The highest BCUT2D eigenvalue weighted by molar-refractivity contribution is 6.03. The average Bonchev–Trinajstić information content (AvgIpc) is 2.23. The van der Waals surface area contributed by atoms with E-state index in [1.807, 2.05) is 13.8 Å². The molecule has 0 bridgehead atoms. The number of rotatable bonds is 5. The van der Waals surface area contributed by atoms with E-state index in [-0.39, 0.29) is 11.6 Å². The van der Waals surface area contributed by atoms with Crippen LogP contribution in [0.15, 0.2) is 0 Å². The fraction of sp³-hybridized carbons (Fsp3) is 0.533. The second-order valence-corrected chi connectivity index (χ2v) is 4.73. The van der Waals surface area contributed by atoms with Crippen molar-refractivity contribution in [3.63, 3.8) is 0 Å². The van der Waals surface area contributed by atoms with Crippen molar-refractivity contribution >= 4 is 11.6 Å². The number of hydrogen-bond donors (Lipinski definition) is 0. The molecule has 0 atom stereocenters. The molecule has 0 amide bonds. The van der Waals surface area contributed by atoms with Gasteiger partial charge in [0.15, 0.2) is 11.6 Å². The third-order valence-corrected chi connectivity index (χ3v) is 3.15. The fourth-order valence-corrected chi connectivity index (χ4v) is 2.46. The molecule has 98 valence electrons. The number of Topliss-reactive ketones (excluding diaryl/α,β-unsaturated/α-hetero) is 2. The fourth-order valence-electron chi connectivity index (χ4n) is 2.46. The van der Waals surface area contributed by atoms with Crippen molar-refractivity contribution in [2.45, 2.75) is 53.9 Å². The summed E-state index contributed by atoms with van der Waals surface area (Å²) in [5, 5.41) is 0. The summed E-state index contributed by atoms with van der Waals surface area (Å²) in [4.78, 5) is 27.9. The first-order valence-corrected chi connectivity index (χ1v) is 6.42. The predicted octanol–water partition coefficient (Wildman–Crippen LogP) is 3.45. The standard InChI is InChI=1S/C15H21NO2/c1-6-7-8-13-14(11(4)17)9(2)16-10(3)15(13)12(5)18/h6-8H2,1-5H3. The first-order valence-electron chi connectivity index (χ1n) is 6.42. The number of hydrogen-bond acceptors (Lipinski definition) is 3. The van der Waals surface area contributed by atoms with Crippen LogP contribution in [0.5, 0.6) is 0 Å². The number of nitrogens with zero attached hydrogens (tertiary/aromatic N) is 1. The van der Waals surface area contributed by atoms with Gasteiger partial charge in [0.2, 0.25) is 0 Å². The van der Waals surface area contributed by atoms with E-state index in [1.165, 1.54) is 0 Å². The molecule has 0 saturated carbocycles. The van der Waals surface area contributed by atoms with Crippen molar-refractivity contribution in [2.75, 3.05) is 0 Å². The Hall–Kier alpha value is -1.51. The van der Waals surface area contributed by atoms with E-state index in [9.17, 15) is 9.59 Å². The maximum atomic E-state index is 11.8. The molecule has 3 nitrogen and oxygen atoms in total. The van der Waals surface area contributed by atoms with Gasteiger partial charge in [-0.3, -0.25) is 14.6 Å². The van der Waals surface area contributed by atoms with Gasteiger partial charge in [-0.15, -0.1) is 0 Å². The van der Waals surface area contributed by atoms with Crippen molar-refractivity contribution < 1.29 is 9.59 Å². The zero-order valence-electron chi connectivity index (χ0n) is 11.9. The number of unbranched alkanes of at least 4 members (excludes halogenated alkanes) is 1. The number of carbonyl (C=O) groups excluding carboxylic acids is 2. The minimum atomic E-state index is -0.00592. The Labute approximate surface area is 109 Å². The number of aromatic nitrogens is 1. The molecule has 0 aliphatic heterocycles. The van der Waals surface area contributed by atoms with Crippen molar-refractivity contribution in [1.82, 2.24) is 4.98 Å². The highest BCUT2D eigenvalue weighted by Gasteiger charge is 2.20. The van der Waals surface area contributed by atoms with Gasteiger partial charge in [0.1, 0.15) is 0 Å². The van der Waals surface area contributed by atoms with E-state index in [2.05, 4.69) is 11.9 Å². The second-order valence-electron chi connectivity index (χ2n) is 4.73. The topological polar surface area (TPSA) is 47.0 Å². The minimum absolute atomic E-state index is 0.00592. The van der Waals surface area contributed by atoms with Gasteiger partial charge in [-0.1, -0.05) is 13.3 Å². The third kappa shape index (κ3) is 2.84. The van der Waals surface area contributed by atoms with E-state index in [1.54, 1.807) is 13.8 Å². The Kier molecular flexibility index (Phi) is 4.76. The zero-order valence-corrected chi connectivity index (χ0v) is 11.9. The van der Waals surface area contributed by atoms with Crippen molar-refractivity contribution in [3.8, 4) is 0 Å². The lowest BCUT2D eigenvalue weighted by Crippen LogP contribution is -2.14. The van der Waals surface area contributed by atoms with Crippen LogP contribution < -0.4 is 0 Å². The van der Waals surface area contributed by atoms with Gasteiger partial charge in [0.25, 0.3) is 0 Å². The van der Waals surface area contributed by atoms with Gasteiger partial charge in [-0.2, -0.15) is 0 Å². The smallest absolute Gasteiger partial charge is 0.161 e. The van der Waals surface area contributed by atoms with E-state index in [4.69, 9.17) is 0 Å². The molecule has 0 fully saturated rings. The van der Waals surface area contributed by atoms with Crippen LogP contribution in [0.25, 0.3) is 0 Å². The molecule has 3 heteroatoms. The molecular formula is C15H21NO2. The number of ketones is 2. The maximum Gasteiger partial charge on any atom is 0.161 e. The molecule has 0 N–H and O–H groups in total. The first kappa shape index (κ1) is 14.6. The van der Waals surface area contributed by atoms with Gasteiger partial charge in [0.05, 0.1) is 0 Å². The molecule has 0 spiro atoms. The SMILES string of the molecule is CCCCc1c(C(C)=O)c(C)nc(C)c1C(C)=O. The summed E-state index contributed by atoms with van der Waals surface area (Å²) >= 11 is 0. The van der Waals surface area contributed by atoms with E-state index < -0.39 is 0 Å². The molecule has 0 aliphatic carbocycles. The van der Waals surface area contributed by atoms with Crippen LogP contribution in [0.4, 0.5) is 0 Å². The van der Waals surface area contributed by atoms with Gasteiger partial charge in [-0.25, -0.2) is 0 Å². The molecule has 1 aromatic rings. The minimum Gasteiger partial charge on any atom is -0.294 e. The highest BCUT2D eigenvalue weighted by atomic mass is 16.1. The Bertz CT molecular complexity index is 452. The van der Waals surface area contributed by atoms with Gasteiger partial charge in [-0.05, 0) is 46.1 Å². The normalized spacial score (nSPS) is 10.5. The van der Waals surface area contributed by atoms with E-state index in [0.717, 1.165) is 36.2 Å². The van der Waals surface area contributed by atoms with E-state index >= 15 is 0 Å². The molecule has 1 aromatic heterocycles. The molecule has 0 saturated heterocycles. The Morgan fingerprint density at radius 1 is 1.00 bits per heavy atom. The lowest BCUT2D eigenvalue weighted by molar-refractivity contribution is 0.101. The summed E-state index contributed by atoms with van der Waals surface area (Å²) in [6, 6.07) is 0. The van der Waals surface area contributed by atoms with Crippen LogP contribution in [-0.2, 0) is 6.42 Å². The Balaban J connectivity index is 3.54. The van der Waals surface area contributed by atoms with Crippen molar-refractivity contribution in [1.29, 1.82) is 0 Å². The van der Waals surface area contributed by atoms with Crippen LogP contribution in [0.2, 0.25) is 0 Å². The second kappa shape index (κ2) is 5.89. The summed E-state index contributed by atoms with van der Waals surface area (Å²) in [5.74, 6) is -0.0118. The highest BCUT2D eigenvalue weighted by Crippen LogP contribution is 2.23. The van der Waals surface area contributed by atoms with Gasteiger partial charge < -0.3 is 0 Å². The van der Waals surface area contributed by atoms with Crippen LogP contribution in [0.3, 0.4) is 0 Å². The van der Waals surface area contributed by atoms with Crippen LogP contribution in [-0.4, -0.2) is 16.6 Å². The molecule has 18 heavy (non-hydrogen) atoms. The molecular weight excluding hydrogens is 226 g/mol. The van der Waals surface area contributed by atoms with E-state index in [0.29, 0.717) is 11.1 Å². The summed E-state index contributed by atoms with van der Waals surface area (Å²) < 4.78 is 0. The van der Waals surface area contributed by atoms with Crippen LogP contribution in [0.1, 0.15) is 71.3 Å². The largest absolute Gasteiger partial charge is 0.294 e. The monoisotopic (exact) mass is 247 g/mol. The maximum absolute atomic E-state index is 11.8. The lowest BCUT2D eigenvalue weighted by Gasteiger charge is -2.15. The summed E-state index contributed by atoms with van der Waals surface area (Å²) in [6.45, 7) is 8.85. The summed E-state index contributed by atoms with van der Waals surface area (Å²) in [6.07, 6.45) is 2.78. The van der Waals surface area contributed by atoms with Crippen molar-refractivity contribution in [3.05, 3.63) is 28.1 Å². The van der Waals surface area contributed by atoms with Crippen molar-refractivity contribution in [2.24, 2.45) is 0 Å². The average molecular weight is 247 g/mol. The Morgan fingerprint density at radius 2 is 1.44 bits per heavy atom. The molecule has 1 heterocycles. The van der Waals surface area contributed by atoms with Gasteiger partial charge >= 0.3 is 0 Å². The molecule has 0 aromatic carbocycles. The first-order chi connectivity index (χ1) is 8.40. The van der Waals surface area contributed by atoms with Gasteiger partial charge in [0, 0.05) is 22.5 Å². The molecule has 0 radical (unpaired) electrons. The lowest BCUT2D eigenvalue weighted by atomic mass is 9.91. The van der Waals surface area contributed by atoms with Crippen LogP contribution >= 0.6 is 0 Å². The molecule has 0 aliphatic rings. The third-order valence-electron chi connectivity index (χ3n) is 3.15. The number of carbonyl (C=O) groups is 2.